The van der Waals surface area contributed by atoms with Crippen LogP contribution < -0.4 is 0 Å². The predicted octanol–water partition coefficient (Wildman–Crippen LogP) is 1.57. The van der Waals surface area contributed by atoms with Crippen molar-refractivity contribution >= 4 is 23.5 Å². The topological polar surface area (TPSA) is 66.8 Å². The second-order valence-corrected chi connectivity index (χ2v) is 4.82. The van der Waals surface area contributed by atoms with Crippen LogP contribution in [0.15, 0.2) is 18.2 Å². The van der Waals surface area contributed by atoms with Gasteiger partial charge >= 0.3 is 5.97 Å². The van der Waals surface area contributed by atoms with Crippen molar-refractivity contribution in [2.75, 3.05) is 19.7 Å². The van der Waals surface area contributed by atoms with E-state index in [1.54, 1.807) is 18.2 Å². The molecule has 1 aromatic carbocycles. The van der Waals surface area contributed by atoms with Crippen LogP contribution in [0.25, 0.3) is 0 Å². The summed E-state index contributed by atoms with van der Waals surface area (Å²) in [5, 5.41) is 9.51. The molecule has 1 aromatic rings. The maximum absolute atomic E-state index is 12.3. The number of halogens is 1. The lowest BCUT2D eigenvalue weighted by atomic mass is 10.1. The number of nitrogens with zero attached hydrogens (tertiary/aromatic N) is 1. The molecule has 1 amide bonds. The molecule has 1 heterocycles. The van der Waals surface area contributed by atoms with Crippen molar-refractivity contribution in [3.63, 3.8) is 0 Å². The maximum Gasteiger partial charge on any atom is 0.334 e. The number of morpholine rings is 1. The van der Waals surface area contributed by atoms with Crippen molar-refractivity contribution < 1.29 is 19.4 Å². The second kappa shape index (κ2) is 5.59. The zero-order chi connectivity index (χ0) is 14.0. The van der Waals surface area contributed by atoms with Crippen LogP contribution in [0, 0.1) is 6.92 Å². The number of carbonyl (C=O) groups excluding carboxylic acids is 1. The number of ether oxygens (including phenoxy) is 1. The van der Waals surface area contributed by atoms with Crippen LogP contribution in [-0.4, -0.2) is 47.7 Å². The molecule has 0 unspecified atom stereocenters. The molecule has 0 saturated carbocycles. The van der Waals surface area contributed by atoms with E-state index in [4.69, 9.17) is 21.4 Å². The second-order valence-electron chi connectivity index (χ2n) is 4.41. The molecule has 1 N–H and O–H groups in total. The minimum Gasteiger partial charge on any atom is -0.479 e. The zero-order valence-corrected chi connectivity index (χ0v) is 11.2. The third kappa shape index (κ3) is 3.05. The van der Waals surface area contributed by atoms with E-state index in [0.717, 1.165) is 5.56 Å². The number of benzene rings is 1. The SMILES string of the molecule is Cc1cc(C(=O)N2CCO[C@H](C(=O)O)C2)ccc1Cl. The van der Waals surface area contributed by atoms with Gasteiger partial charge in [-0.3, -0.25) is 4.79 Å². The van der Waals surface area contributed by atoms with Crippen molar-refractivity contribution in [3.8, 4) is 0 Å². The first kappa shape index (κ1) is 13.8. The van der Waals surface area contributed by atoms with Crippen LogP contribution in [0.5, 0.6) is 0 Å². The van der Waals surface area contributed by atoms with Crippen molar-refractivity contribution in [2.24, 2.45) is 0 Å². The molecule has 0 radical (unpaired) electrons. The first-order chi connectivity index (χ1) is 8.99. The molecule has 2 rings (SSSR count). The summed E-state index contributed by atoms with van der Waals surface area (Å²) >= 11 is 5.91. The normalized spacial score (nSPS) is 19.3. The minimum atomic E-state index is -1.05. The Balaban J connectivity index is 2.14. The van der Waals surface area contributed by atoms with Gasteiger partial charge in [0.05, 0.1) is 13.2 Å². The first-order valence-electron chi connectivity index (χ1n) is 5.89. The van der Waals surface area contributed by atoms with E-state index in [0.29, 0.717) is 17.1 Å². The van der Waals surface area contributed by atoms with Gasteiger partial charge in [0.1, 0.15) is 0 Å². The molecule has 6 heteroatoms. The Morgan fingerprint density at radius 2 is 2.21 bits per heavy atom. The fourth-order valence-electron chi connectivity index (χ4n) is 1.94. The Morgan fingerprint density at radius 3 is 2.84 bits per heavy atom. The predicted molar refractivity (Wildman–Crippen MR) is 69.5 cm³/mol. The number of rotatable bonds is 2. The average molecular weight is 284 g/mol. The minimum absolute atomic E-state index is 0.0653. The molecule has 0 aromatic heterocycles. The van der Waals surface area contributed by atoms with Crippen LogP contribution in [0.2, 0.25) is 5.02 Å². The number of carbonyl (C=O) groups is 2. The number of carboxylic acids is 1. The van der Waals surface area contributed by atoms with E-state index < -0.39 is 12.1 Å². The number of carboxylic acid groups (broad SMARTS) is 1. The molecule has 0 aliphatic carbocycles. The molecular formula is C13H14ClNO4. The fourth-order valence-corrected chi connectivity index (χ4v) is 2.06. The van der Waals surface area contributed by atoms with Gasteiger partial charge in [-0.15, -0.1) is 0 Å². The largest absolute Gasteiger partial charge is 0.479 e. The highest BCUT2D eigenvalue weighted by atomic mass is 35.5. The summed E-state index contributed by atoms with van der Waals surface area (Å²) in [6, 6.07) is 5.01. The highest BCUT2D eigenvalue weighted by molar-refractivity contribution is 6.31. The summed E-state index contributed by atoms with van der Waals surface area (Å²) in [7, 11) is 0. The van der Waals surface area contributed by atoms with Crippen molar-refractivity contribution in [1.29, 1.82) is 0 Å². The number of aliphatic carboxylic acids is 1. The molecule has 19 heavy (non-hydrogen) atoms. The summed E-state index contributed by atoms with van der Waals surface area (Å²) in [5.41, 5.74) is 1.32. The van der Waals surface area contributed by atoms with E-state index >= 15 is 0 Å². The summed E-state index contributed by atoms with van der Waals surface area (Å²) in [4.78, 5) is 24.6. The standard InChI is InChI=1S/C13H14ClNO4/c1-8-6-9(2-3-10(8)14)12(16)15-4-5-19-11(7-15)13(17)18/h2-3,6,11H,4-5,7H2,1H3,(H,17,18)/t11-/m0/s1. The van der Waals surface area contributed by atoms with E-state index in [1.807, 2.05) is 6.92 Å². The lowest BCUT2D eigenvalue weighted by Gasteiger charge is -2.31. The molecule has 1 aliphatic heterocycles. The van der Waals surface area contributed by atoms with E-state index in [1.165, 1.54) is 4.90 Å². The molecule has 0 spiro atoms. The van der Waals surface area contributed by atoms with Crippen molar-refractivity contribution in [1.82, 2.24) is 4.90 Å². The Bertz CT molecular complexity index is 517. The molecule has 1 aliphatic rings. The van der Waals surface area contributed by atoms with Gasteiger partial charge in [0.2, 0.25) is 0 Å². The van der Waals surface area contributed by atoms with Gasteiger partial charge in [0, 0.05) is 17.1 Å². The maximum atomic E-state index is 12.3. The summed E-state index contributed by atoms with van der Waals surface area (Å²) < 4.78 is 5.08. The molecule has 1 atom stereocenters. The van der Waals surface area contributed by atoms with Crippen LogP contribution in [0.4, 0.5) is 0 Å². The quantitative estimate of drug-likeness (QED) is 0.895. The Labute approximate surface area is 115 Å². The van der Waals surface area contributed by atoms with Gasteiger partial charge in [-0.1, -0.05) is 11.6 Å². The van der Waals surface area contributed by atoms with Gasteiger partial charge in [-0.05, 0) is 30.7 Å². The van der Waals surface area contributed by atoms with Gasteiger partial charge in [0.25, 0.3) is 5.91 Å². The highest BCUT2D eigenvalue weighted by Gasteiger charge is 2.29. The third-order valence-electron chi connectivity index (χ3n) is 3.03. The van der Waals surface area contributed by atoms with Gasteiger partial charge in [-0.2, -0.15) is 0 Å². The lowest BCUT2D eigenvalue weighted by Crippen LogP contribution is -2.48. The van der Waals surface area contributed by atoms with Crippen LogP contribution in [0.1, 0.15) is 15.9 Å². The number of aryl methyl sites for hydroxylation is 1. The van der Waals surface area contributed by atoms with E-state index in [2.05, 4.69) is 0 Å². The Kier molecular flexibility index (Phi) is 4.07. The van der Waals surface area contributed by atoms with E-state index in [-0.39, 0.29) is 19.1 Å². The average Bonchev–Trinajstić information content (AvgIpc) is 2.41. The Morgan fingerprint density at radius 1 is 1.47 bits per heavy atom. The molecule has 1 fully saturated rings. The summed E-state index contributed by atoms with van der Waals surface area (Å²) in [5.74, 6) is -1.25. The summed E-state index contributed by atoms with van der Waals surface area (Å²) in [6.45, 7) is 2.51. The Hall–Kier alpha value is -1.59. The number of amides is 1. The highest BCUT2D eigenvalue weighted by Crippen LogP contribution is 2.18. The smallest absolute Gasteiger partial charge is 0.334 e. The number of hydrogen-bond acceptors (Lipinski definition) is 3. The monoisotopic (exact) mass is 283 g/mol. The van der Waals surface area contributed by atoms with Gasteiger partial charge in [-0.25, -0.2) is 4.79 Å². The third-order valence-corrected chi connectivity index (χ3v) is 3.46. The summed E-state index contributed by atoms with van der Waals surface area (Å²) in [6.07, 6.45) is -0.953. The van der Waals surface area contributed by atoms with Gasteiger partial charge < -0.3 is 14.7 Å². The molecular weight excluding hydrogens is 270 g/mol. The van der Waals surface area contributed by atoms with Crippen LogP contribution >= 0.6 is 11.6 Å². The molecule has 0 bridgehead atoms. The first-order valence-corrected chi connectivity index (χ1v) is 6.26. The molecule has 102 valence electrons. The zero-order valence-electron chi connectivity index (χ0n) is 10.4. The van der Waals surface area contributed by atoms with Gasteiger partial charge in [0.15, 0.2) is 6.10 Å². The van der Waals surface area contributed by atoms with Crippen molar-refractivity contribution in [2.45, 2.75) is 13.0 Å². The van der Waals surface area contributed by atoms with E-state index in [9.17, 15) is 9.59 Å². The lowest BCUT2D eigenvalue weighted by molar-refractivity contribution is -0.154. The van der Waals surface area contributed by atoms with Crippen LogP contribution in [-0.2, 0) is 9.53 Å². The van der Waals surface area contributed by atoms with Crippen LogP contribution in [0.3, 0.4) is 0 Å². The number of hydrogen-bond donors (Lipinski definition) is 1. The molecule has 1 saturated heterocycles. The molecule has 5 nitrogen and oxygen atoms in total. The fraction of sp³-hybridized carbons (Fsp3) is 0.385. The van der Waals surface area contributed by atoms with Crippen molar-refractivity contribution in [3.05, 3.63) is 34.3 Å².